The number of amides is 1. The molecule has 3 saturated carbocycles. The number of hydrogen-bond acceptors (Lipinski definition) is 3. The number of pyridine rings is 1. The van der Waals surface area contributed by atoms with Crippen molar-refractivity contribution < 1.29 is 4.79 Å². The number of aromatic amines is 1. The maximum atomic E-state index is 13.6. The molecule has 6 aliphatic rings. The Kier molecular flexibility index (Phi) is 3.87. The van der Waals surface area contributed by atoms with E-state index in [0.717, 1.165) is 18.9 Å². The number of nitrogens with zero attached hydrogens (tertiary/aromatic N) is 2. The second kappa shape index (κ2) is 6.63. The van der Waals surface area contributed by atoms with Gasteiger partial charge in [0.2, 0.25) is 5.56 Å². The fourth-order valence-corrected chi connectivity index (χ4v) is 9.88. The first-order chi connectivity index (χ1) is 16.6. The quantitative estimate of drug-likeness (QED) is 0.770. The van der Waals surface area contributed by atoms with E-state index >= 15 is 0 Å². The zero-order valence-electron chi connectivity index (χ0n) is 19.7. The lowest BCUT2D eigenvalue weighted by Crippen LogP contribution is -2.69. The van der Waals surface area contributed by atoms with Crippen molar-refractivity contribution in [2.45, 2.75) is 62.4 Å². The largest absolute Gasteiger partial charge is 0.334 e. The molecule has 0 spiro atoms. The number of carbonyl (C=O) groups is 1. The molecule has 8 rings (SSSR count). The summed E-state index contributed by atoms with van der Waals surface area (Å²) < 4.78 is 0. The predicted octanol–water partition coefficient (Wildman–Crippen LogP) is 3.59. The molecule has 2 aromatic rings. The molecule has 1 aromatic heterocycles. The number of H-pyrrole nitrogens is 1. The summed E-state index contributed by atoms with van der Waals surface area (Å²) in [6.45, 7) is 3.37. The molecule has 5 heteroatoms. The Hall–Kier alpha value is -2.40. The summed E-state index contributed by atoms with van der Waals surface area (Å²) in [7, 11) is 0. The van der Waals surface area contributed by atoms with E-state index in [1.807, 2.05) is 0 Å². The van der Waals surface area contributed by atoms with E-state index in [9.17, 15) is 9.59 Å². The van der Waals surface area contributed by atoms with Crippen LogP contribution in [0.25, 0.3) is 0 Å². The standard InChI is InChI=1S/C29H33N3O2/c33-25-7-3-6-22(30-25)27(34)32-17-20-15-28-11-10-23(32)26(20)29(28)12-13-31(16-18-8-9-18)24(28)14-19-4-1-2-5-21(19)29/h1-7,18,20,23-24,26H,8-17H2,(H,30,33)/t20-,23?,24?,26?,28?,29?/m1/s1. The van der Waals surface area contributed by atoms with Crippen LogP contribution in [0.3, 0.4) is 0 Å². The summed E-state index contributed by atoms with van der Waals surface area (Å²) in [5.41, 5.74) is 4.02. The van der Waals surface area contributed by atoms with Crippen LogP contribution in [0.2, 0.25) is 0 Å². The highest BCUT2D eigenvalue weighted by atomic mass is 16.2. The van der Waals surface area contributed by atoms with Crippen LogP contribution in [-0.4, -0.2) is 52.4 Å². The maximum absolute atomic E-state index is 13.6. The summed E-state index contributed by atoms with van der Waals surface area (Å²) in [5.74, 6) is 2.07. The van der Waals surface area contributed by atoms with Gasteiger partial charge in [0.15, 0.2) is 0 Å². The number of hydrogen-bond donors (Lipinski definition) is 1. The van der Waals surface area contributed by atoms with E-state index in [2.05, 4.69) is 39.0 Å². The highest BCUT2D eigenvalue weighted by Crippen LogP contribution is 2.75. The Bertz CT molecular complexity index is 1250. The fraction of sp³-hybridized carbons (Fsp3) is 0.586. The normalized spacial score (nSPS) is 39.6. The molecule has 1 amide bonds. The Labute approximate surface area is 200 Å². The summed E-state index contributed by atoms with van der Waals surface area (Å²) in [6.07, 6.45) is 8.91. The van der Waals surface area contributed by atoms with Gasteiger partial charge in [0.05, 0.1) is 0 Å². The van der Waals surface area contributed by atoms with E-state index in [4.69, 9.17) is 0 Å². The number of aromatic nitrogens is 1. The molecule has 1 aromatic carbocycles. The molecule has 4 bridgehead atoms. The van der Waals surface area contributed by atoms with Gasteiger partial charge in [-0.2, -0.15) is 0 Å². The molecule has 1 N–H and O–H groups in total. The minimum absolute atomic E-state index is 0.0211. The monoisotopic (exact) mass is 455 g/mol. The fourth-order valence-electron chi connectivity index (χ4n) is 9.88. The Morgan fingerprint density at radius 1 is 1.06 bits per heavy atom. The zero-order valence-corrected chi connectivity index (χ0v) is 19.7. The summed E-state index contributed by atoms with van der Waals surface area (Å²) in [4.78, 5) is 33.4. The summed E-state index contributed by atoms with van der Waals surface area (Å²) in [6, 6.07) is 15.2. The Balaban J connectivity index is 1.23. The number of piperidine rings is 1. The minimum Gasteiger partial charge on any atom is -0.334 e. The second-order valence-electron chi connectivity index (χ2n) is 12.2. The highest BCUT2D eigenvalue weighted by molar-refractivity contribution is 5.92. The molecular formula is C29H33N3O2. The number of carbonyl (C=O) groups excluding carboxylic acids is 1. The predicted molar refractivity (Wildman–Crippen MR) is 130 cm³/mol. The Morgan fingerprint density at radius 3 is 2.79 bits per heavy atom. The van der Waals surface area contributed by atoms with Crippen molar-refractivity contribution in [3.63, 3.8) is 0 Å². The van der Waals surface area contributed by atoms with Crippen LogP contribution in [-0.2, 0) is 11.8 Å². The molecule has 2 aliphatic heterocycles. The van der Waals surface area contributed by atoms with E-state index in [-0.39, 0.29) is 16.9 Å². The first-order valence-corrected chi connectivity index (χ1v) is 13.4. The molecule has 34 heavy (non-hydrogen) atoms. The first kappa shape index (κ1) is 19.9. The van der Waals surface area contributed by atoms with Gasteiger partial charge in [0, 0.05) is 36.7 Å². The van der Waals surface area contributed by atoms with Gasteiger partial charge in [-0.15, -0.1) is 0 Å². The van der Waals surface area contributed by atoms with Crippen LogP contribution in [0.15, 0.2) is 47.3 Å². The van der Waals surface area contributed by atoms with Crippen LogP contribution < -0.4 is 5.56 Å². The van der Waals surface area contributed by atoms with Crippen LogP contribution in [0.1, 0.15) is 60.1 Å². The molecule has 4 aliphatic carbocycles. The topological polar surface area (TPSA) is 56.4 Å². The smallest absolute Gasteiger partial charge is 0.270 e. The van der Waals surface area contributed by atoms with Crippen LogP contribution >= 0.6 is 0 Å². The number of benzene rings is 1. The van der Waals surface area contributed by atoms with E-state index < -0.39 is 0 Å². The summed E-state index contributed by atoms with van der Waals surface area (Å²) in [5, 5.41) is 0. The van der Waals surface area contributed by atoms with Gasteiger partial charge in [-0.3, -0.25) is 14.5 Å². The van der Waals surface area contributed by atoms with Crippen molar-refractivity contribution in [3.8, 4) is 0 Å². The van der Waals surface area contributed by atoms with Crippen molar-refractivity contribution in [2.75, 3.05) is 19.6 Å². The first-order valence-electron chi connectivity index (χ1n) is 13.4. The van der Waals surface area contributed by atoms with Gasteiger partial charge < -0.3 is 9.88 Å². The third-order valence-corrected chi connectivity index (χ3v) is 11.0. The molecule has 5 fully saturated rings. The molecule has 5 unspecified atom stereocenters. The molecule has 6 atom stereocenters. The van der Waals surface area contributed by atoms with Crippen molar-refractivity contribution in [1.82, 2.24) is 14.8 Å². The highest BCUT2D eigenvalue weighted by Gasteiger charge is 2.76. The van der Waals surface area contributed by atoms with Crippen molar-refractivity contribution >= 4 is 5.91 Å². The second-order valence-corrected chi connectivity index (χ2v) is 12.2. The molecule has 0 radical (unpaired) electrons. The Morgan fingerprint density at radius 2 is 1.94 bits per heavy atom. The van der Waals surface area contributed by atoms with Gasteiger partial charge in [0.25, 0.3) is 5.91 Å². The number of nitrogens with one attached hydrogen (secondary N) is 1. The van der Waals surface area contributed by atoms with Crippen molar-refractivity contribution in [1.29, 1.82) is 0 Å². The average Bonchev–Trinajstić information content (AvgIpc) is 3.54. The number of fused-ring (bicyclic) bond motifs is 1. The van der Waals surface area contributed by atoms with E-state index in [1.165, 1.54) is 57.7 Å². The third-order valence-electron chi connectivity index (χ3n) is 11.0. The van der Waals surface area contributed by atoms with Gasteiger partial charge in [-0.25, -0.2) is 0 Å². The van der Waals surface area contributed by atoms with Crippen LogP contribution in [0, 0.1) is 23.2 Å². The van der Waals surface area contributed by atoms with Crippen LogP contribution in [0.4, 0.5) is 0 Å². The van der Waals surface area contributed by atoms with Crippen molar-refractivity contribution in [3.05, 3.63) is 69.6 Å². The van der Waals surface area contributed by atoms with Gasteiger partial charge in [0.1, 0.15) is 5.69 Å². The van der Waals surface area contributed by atoms with Gasteiger partial charge in [-0.1, -0.05) is 30.3 Å². The van der Waals surface area contributed by atoms with Gasteiger partial charge in [-0.05, 0) is 91.9 Å². The van der Waals surface area contributed by atoms with E-state index in [1.54, 1.807) is 23.3 Å². The molecule has 2 saturated heterocycles. The van der Waals surface area contributed by atoms with Crippen LogP contribution in [0.5, 0.6) is 0 Å². The SMILES string of the molecule is O=C(c1cccc(=O)[nH]1)N1C[C@H]2CC34CCC1C2C31CCN(CC2CC2)C4Cc2ccccc21. The molecule has 5 nitrogen and oxygen atoms in total. The van der Waals surface area contributed by atoms with Crippen molar-refractivity contribution in [2.24, 2.45) is 23.2 Å². The molecule has 3 heterocycles. The molecular weight excluding hydrogens is 422 g/mol. The van der Waals surface area contributed by atoms with E-state index in [0.29, 0.717) is 35.0 Å². The number of rotatable bonds is 3. The summed E-state index contributed by atoms with van der Waals surface area (Å²) >= 11 is 0. The third kappa shape index (κ3) is 2.35. The van der Waals surface area contributed by atoms with Gasteiger partial charge >= 0.3 is 0 Å². The molecule has 176 valence electrons. The maximum Gasteiger partial charge on any atom is 0.270 e. The number of likely N-dealkylation sites (tertiary alicyclic amines) is 2. The zero-order chi connectivity index (χ0) is 22.7. The minimum atomic E-state index is -0.196. The lowest BCUT2D eigenvalue weighted by molar-refractivity contribution is -0.102. The average molecular weight is 456 g/mol. The lowest BCUT2D eigenvalue weighted by atomic mass is 9.43. The lowest BCUT2D eigenvalue weighted by Gasteiger charge is -2.66.